The maximum atomic E-state index is 12.5. The van der Waals surface area contributed by atoms with E-state index < -0.39 is 277 Å². The molecule has 3 amide bonds. The summed E-state index contributed by atoms with van der Waals surface area (Å²) in [6.45, 7) is -6.99. The van der Waals surface area contributed by atoms with Gasteiger partial charge in [0.1, 0.15) is 177 Å². The van der Waals surface area contributed by atoms with Gasteiger partial charge in [-0.15, -0.1) is 0 Å². The van der Waals surface area contributed by atoms with Crippen LogP contribution >= 0.6 is 11.6 Å². The average Bonchev–Trinajstić information content (AvgIpc) is 0.777. The lowest BCUT2D eigenvalue weighted by Gasteiger charge is -2.50. The van der Waals surface area contributed by atoms with Gasteiger partial charge in [0.2, 0.25) is 0 Å². The summed E-state index contributed by atoms with van der Waals surface area (Å²) in [5, 5.41) is 236. The van der Waals surface area contributed by atoms with Crippen molar-refractivity contribution in [1.82, 2.24) is 15.4 Å². The van der Waals surface area contributed by atoms with Crippen molar-refractivity contribution in [3.63, 3.8) is 0 Å². The van der Waals surface area contributed by atoms with Crippen LogP contribution in [0.15, 0.2) is 47.4 Å². The zero-order valence-electron chi connectivity index (χ0n) is 58.7. The predicted octanol–water partition coefficient (Wildman–Crippen LogP) is -11.6. The third-order valence-electron chi connectivity index (χ3n) is 20.3. The van der Waals surface area contributed by atoms with Crippen LogP contribution in [0.5, 0.6) is 5.75 Å². The summed E-state index contributed by atoms with van der Waals surface area (Å²) in [7, 11) is -2.49. The number of methoxy groups -OCH3 is 1. The molecule has 45 heteroatoms. The van der Waals surface area contributed by atoms with Crippen LogP contribution in [-0.2, 0) is 82.8 Å². The summed E-state index contributed by atoms with van der Waals surface area (Å²) in [4.78, 5) is 24.5. The van der Waals surface area contributed by atoms with Crippen LogP contribution in [0, 0.1) is 0 Å². The number of aliphatic hydroxyl groups is 21. The van der Waals surface area contributed by atoms with Crippen molar-refractivity contribution in [1.29, 1.82) is 0 Å². The number of hydrogen-bond acceptors (Lipinski definition) is 40. The highest BCUT2D eigenvalue weighted by atomic mass is 35.5. The van der Waals surface area contributed by atoms with Crippen LogP contribution in [0.1, 0.15) is 48.0 Å². The minimum absolute atomic E-state index is 0.00209. The third kappa shape index (κ3) is 19.7. The highest BCUT2D eigenvalue weighted by molar-refractivity contribution is 7.90. The molecule has 21 heterocycles. The molecule has 0 unspecified atom stereocenters. The highest BCUT2D eigenvalue weighted by Crippen LogP contribution is 2.40. The van der Waals surface area contributed by atoms with Gasteiger partial charge in [-0.1, -0.05) is 43.0 Å². The average molecular weight is 1630 g/mol. The first-order valence-electron chi connectivity index (χ1n) is 35.4. The largest absolute Gasteiger partial charge is 0.496 e. The lowest BCUT2D eigenvalue weighted by Crippen LogP contribution is -2.68. The first-order valence-corrected chi connectivity index (χ1v) is 37.3. The van der Waals surface area contributed by atoms with Crippen LogP contribution in [0.3, 0.4) is 0 Å². The van der Waals surface area contributed by atoms with E-state index in [1.807, 2.05) is 0 Å². The number of carbonyl (C=O) groups excluding carboxylic acids is 2. The third-order valence-corrected chi connectivity index (χ3v) is 21.9. The molecular formula is C65H98ClN3O40S. The second kappa shape index (κ2) is 39.2. The Labute approximate surface area is 631 Å². The first-order chi connectivity index (χ1) is 52.4. The molecule has 0 radical (unpaired) electrons. The molecule has 0 spiro atoms. The van der Waals surface area contributed by atoms with Crippen molar-refractivity contribution in [2.45, 2.75) is 264 Å². The van der Waals surface area contributed by atoms with E-state index in [9.17, 15) is 125 Å². The molecule has 43 nitrogen and oxygen atoms in total. The summed E-state index contributed by atoms with van der Waals surface area (Å²) < 4.78 is 112. The molecule has 24 rings (SSSR count). The van der Waals surface area contributed by atoms with E-state index in [0.717, 1.165) is 37.7 Å². The van der Waals surface area contributed by atoms with E-state index in [4.69, 9.17) is 82.7 Å². The fraction of sp³-hybridized carbons (Fsp3) is 0.785. The molecule has 2 aromatic carbocycles. The Morgan fingerprint density at radius 2 is 0.691 bits per heavy atom. The molecule has 24 N–H and O–H groups in total. The summed E-state index contributed by atoms with van der Waals surface area (Å²) in [6, 6.07) is 10.3. The summed E-state index contributed by atoms with van der Waals surface area (Å²) in [6.07, 6.45) is -64.8. The monoisotopic (exact) mass is 1630 g/mol. The molecule has 1 aliphatic carbocycles. The van der Waals surface area contributed by atoms with Crippen molar-refractivity contribution < 1.29 is 196 Å². The maximum absolute atomic E-state index is 12.5. The van der Waals surface area contributed by atoms with Crippen molar-refractivity contribution in [2.24, 2.45) is 0 Å². The highest BCUT2D eigenvalue weighted by Gasteiger charge is 2.60. The Morgan fingerprint density at radius 1 is 0.409 bits per heavy atom. The normalized spacial score (nSPS) is 43.1. The number of benzene rings is 2. The zero-order valence-corrected chi connectivity index (χ0v) is 60.2. The number of nitrogens with one attached hydrogen (secondary N) is 3. The second-order valence-corrected chi connectivity index (χ2v) is 29.7. The molecule has 22 aliphatic rings. The van der Waals surface area contributed by atoms with Gasteiger partial charge < -0.3 is 189 Å². The fourth-order valence-electron chi connectivity index (χ4n) is 14.2. The number of sulfonamides is 1. The van der Waals surface area contributed by atoms with E-state index in [1.165, 1.54) is 25.3 Å². The smallest absolute Gasteiger partial charge is 0.328 e. The van der Waals surface area contributed by atoms with Gasteiger partial charge in [0.25, 0.3) is 15.9 Å². The van der Waals surface area contributed by atoms with Gasteiger partial charge in [0, 0.05) is 17.6 Å². The molecule has 22 fully saturated rings. The van der Waals surface area contributed by atoms with Crippen LogP contribution in [-0.4, -0.2) is 408 Å². The number of rotatable bonds is 15. The summed E-state index contributed by atoms with van der Waals surface area (Å²) in [5.41, 5.74) is 1.17. The van der Waals surface area contributed by atoms with E-state index in [-0.39, 0.29) is 16.8 Å². The molecule has 21 aliphatic heterocycles. The standard InChI is InChI=1S/C42H70O35.C23H28ClN3O5S/c43-1-8-29-15(50)22(57)36(64-8)72-30-9(2-44)66-38(24(59)17(30)52)74-32-11(4-46)68-40(26(61)19(32)54)76-34-13(6-48)70-42(28(63)21(34)56)77-35-14(7-49)69-41(27(62)20(35)55)75-33-12(5-47)67-39(25(60)18(33)53)73-31-10(3-45)65-37(71-29)23(58)16(31)51;1-32-21-12-9-17(24)15-20(21)22(28)25-14-13-16-7-10-19(11-8-16)33(30,31)27-23(29)26-18-5-3-2-4-6-18/h8-63H,1-7H2;7-12,15,18H,2-6,13-14H2,1H3,(H,25,28)(H2,26,27,29)/t8-,9-,10-,11-,12-,13-,14-,15-,16-,17-,18-,19-,20-,21-,22-,23-,24-,25-,26-,27-,28-,29-,30-,31-,32-,33-,34-,35-,36-,37-,38-,39-,40-,41-,42-;/m1./s1. The Morgan fingerprint density at radius 3 is 0.955 bits per heavy atom. The SMILES string of the molecule is COc1ccc(Cl)cc1C(=O)NCCc1ccc(S(=O)(=O)NC(=O)NC2CCCCC2)cc1.OC[C@H]1O[C@@H]2O[C@H]3[C@H](O)[C@@H](O)[C@@H](O[C@H]4[C@H](O)[C@@H](O)[C@@H](O[C@H]5[C@H](O)[C@@H](O)[C@@H](O[C@H]6[C@H](O)[C@@H](O)[C@@H](O[C@H]7[C@H](O)[C@@H](O)[C@@H](O[C@H]8[C@H](O)[C@@H](O)[C@@H](O[C@H]1[C@H](O)[C@H]2O)O[C@@H]8CO)O[C@@H]7CO)O[C@@H]6CO)O[C@@H]5CO)O[C@@H]4CO)O[C@@H]3CO. The van der Waals surface area contributed by atoms with Crippen LogP contribution in [0.25, 0.3) is 0 Å². The molecule has 110 heavy (non-hydrogen) atoms. The molecule has 2 aromatic rings. The minimum Gasteiger partial charge on any atom is -0.496 e. The van der Waals surface area contributed by atoms with E-state index >= 15 is 0 Å². The van der Waals surface area contributed by atoms with Crippen LogP contribution in [0.2, 0.25) is 5.02 Å². The lowest BCUT2D eigenvalue weighted by molar-refractivity contribution is -0.396. The number of halogens is 1. The quantitative estimate of drug-likeness (QED) is 0.0787. The van der Waals surface area contributed by atoms with Gasteiger partial charge >= 0.3 is 6.03 Å². The van der Waals surface area contributed by atoms with Gasteiger partial charge in [0.15, 0.2) is 44.0 Å². The van der Waals surface area contributed by atoms with Crippen molar-refractivity contribution >= 4 is 33.6 Å². The predicted molar refractivity (Wildman–Crippen MR) is 355 cm³/mol. The second-order valence-electron chi connectivity index (χ2n) is 27.6. The van der Waals surface area contributed by atoms with Gasteiger partial charge in [0.05, 0.1) is 63.8 Å². The van der Waals surface area contributed by atoms with Crippen LogP contribution < -0.4 is 20.1 Å². The molecule has 1 saturated carbocycles. The minimum atomic E-state index is -3.97. The number of hydrogen-bond donors (Lipinski definition) is 24. The number of urea groups is 1. The van der Waals surface area contributed by atoms with Crippen molar-refractivity contribution in [2.75, 3.05) is 59.9 Å². The molecule has 0 aromatic heterocycles. The molecule has 14 bridgehead atoms. The Balaban J connectivity index is 0.000000325. The summed E-state index contributed by atoms with van der Waals surface area (Å²) in [5.74, 6) is 0.105. The van der Waals surface area contributed by atoms with Crippen LogP contribution in [0.4, 0.5) is 4.79 Å². The van der Waals surface area contributed by atoms with Crippen molar-refractivity contribution in [3.05, 3.63) is 58.6 Å². The number of ether oxygens (including phenoxy) is 15. The van der Waals surface area contributed by atoms with Gasteiger partial charge in [-0.3, -0.25) is 4.79 Å². The lowest BCUT2D eigenvalue weighted by atomic mass is 9.95. The Bertz CT molecular complexity index is 2980. The van der Waals surface area contributed by atoms with Gasteiger partial charge in [-0.25, -0.2) is 17.9 Å². The number of aliphatic hydroxyl groups excluding tert-OH is 21. The Kier molecular flexibility index (Phi) is 31.4. The number of amides is 3. The van der Waals surface area contributed by atoms with Gasteiger partial charge in [-0.2, -0.15) is 0 Å². The molecule has 21 saturated heterocycles. The summed E-state index contributed by atoms with van der Waals surface area (Å²) >= 11 is 5.96. The molecule has 35 atom stereocenters. The first kappa shape index (κ1) is 88.2. The van der Waals surface area contributed by atoms with Gasteiger partial charge in [-0.05, 0) is 55.2 Å². The molecular weight excluding hydrogens is 1530 g/mol. The van der Waals surface area contributed by atoms with Crippen molar-refractivity contribution in [3.8, 4) is 5.75 Å². The van der Waals surface area contributed by atoms with E-state index in [0.29, 0.717) is 29.3 Å². The molecule has 626 valence electrons. The maximum Gasteiger partial charge on any atom is 0.328 e. The van der Waals surface area contributed by atoms with E-state index in [2.05, 4.69) is 15.4 Å². The topological polar surface area (TPSA) is 668 Å². The Hall–Kier alpha value is -4.18. The van der Waals surface area contributed by atoms with E-state index in [1.54, 1.807) is 24.3 Å². The zero-order chi connectivity index (χ0) is 79.9. The number of carbonyl (C=O) groups is 2. The fourth-order valence-corrected chi connectivity index (χ4v) is 15.3.